The lowest BCUT2D eigenvalue weighted by Gasteiger charge is -2.46. The first kappa shape index (κ1) is 26.7. The maximum atomic E-state index is 15.4. The quantitative estimate of drug-likeness (QED) is 0.336. The number of benzene rings is 3. The van der Waals surface area contributed by atoms with E-state index < -0.39 is 11.6 Å². The molecule has 210 valence electrons. The molecule has 41 heavy (non-hydrogen) atoms. The SMILES string of the molecule is CN=C1NC(N)(c2ccc(-n3ncnc3C)c(F)c2)NC2=C1CN(Cc1ccc(OC)cc1)CC2c1ccccc1. The number of hydrogen-bond acceptors (Lipinski definition) is 7. The summed E-state index contributed by atoms with van der Waals surface area (Å²) in [6, 6.07) is 23.4. The van der Waals surface area contributed by atoms with E-state index >= 15 is 4.39 Å². The lowest BCUT2D eigenvalue weighted by molar-refractivity contribution is 0.234. The Bertz CT molecular complexity index is 1610. The second kappa shape index (κ2) is 10.8. The van der Waals surface area contributed by atoms with Crippen LogP contribution in [0.25, 0.3) is 5.69 Å². The maximum absolute atomic E-state index is 15.4. The minimum atomic E-state index is -1.28. The molecule has 2 atom stereocenters. The summed E-state index contributed by atoms with van der Waals surface area (Å²) < 4.78 is 22.2. The van der Waals surface area contributed by atoms with Crippen molar-refractivity contribution in [1.82, 2.24) is 30.3 Å². The molecule has 1 aromatic heterocycles. The molecule has 3 heterocycles. The standard InChI is InChI=1S/C31H33FN8O/c1-20-35-19-36-40(20)28-14-11-23(15-27(28)32)31(33)37-29-25(22-7-5-4-6-8-22)17-39(18-26(29)30(34-2)38-31)16-21-9-12-24(41-3)13-10-21/h4-15,19,25,37H,16-18,33H2,1-3H3,(H,34,38). The number of rotatable bonds is 6. The Morgan fingerprint density at radius 2 is 1.88 bits per heavy atom. The summed E-state index contributed by atoms with van der Waals surface area (Å²) in [5.74, 6) is 0.375. The van der Waals surface area contributed by atoms with Gasteiger partial charge in [0.1, 0.15) is 35.2 Å². The molecule has 2 aliphatic rings. The Morgan fingerprint density at radius 3 is 2.54 bits per heavy atom. The number of aromatic nitrogens is 3. The summed E-state index contributed by atoms with van der Waals surface area (Å²) in [6.45, 7) is 3.99. The van der Waals surface area contributed by atoms with Crippen LogP contribution in [0, 0.1) is 12.7 Å². The van der Waals surface area contributed by atoms with Crippen LogP contribution in [-0.4, -0.2) is 52.7 Å². The van der Waals surface area contributed by atoms with Gasteiger partial charge in [-0.1, -0.05) is 48.5 Å². The average Bonchev–Trinajstić information content (AvgIpc) is 3.42. The van der Waals surface area contributed by atoms with E-state index in [2.05, 4.69) is 54.9 Å². The van der Waals surface area contributed by atoms with Crippen molar-refractivity contribution in [2.75, 3.05) is 27.2 Å². The Hall–Kier alpha value is -4.54. The van der Waals surface area contributed by atoms with Gasteiger partial charge in [0.05, 0.1) is 7.11 Å². The lowest BCUT2D eigenvalue weighted by Crippen LogP contribution is -2.67. The van der Waals surface area contributed by atoms with E-state index in [1.165, 1.54) is 22.6 Å². The van der Waals surface area contributed by atoms with Gasteiger partial charge in [0, 0.05) is 49.4 Å². The number of aryl methyl sites for hydroxylation is 1. The highest BCUT2D eigenvalue weighted by molar-refractivity contribution is 6.01. The minimum Gasteiger partial charge on any atom is -0.497 e. The normalized spacial score (nSPS) is 21.8. The van der Waals surface area contributed by atoms with Gasteiger partial charge in [-0.2, -0.15) is 5.10 Å². The van der Waals surface area contributed by atoms with Crippen molar-refractivity contribution in [2.24, 2.45) is 10.7 Å². The van der Waals surface area contributed by atoms with Crippen molar-refractivity contribution in [1.29, 1.82) is 0 Å². The van der Waals surface area contributed by atoms with Crippen LogP contribution in [0.2, 0.25) is 0 Å². The van der Waals surface area contributed by atoms with Gasteiger partial charge in [0.25, 0.3) is 0 Å². The molecule has 9 nitrogen and oxygen atoms in total. The predicted octanol–water partition coefficient (Wildman–Crippen LogP) is 3.57. The van der Waals surface area contributed by atoms with Crippen LogP contribution in [0.3, 0.4) is 0 Å². The van der Waals surface area contributed by atoms with Crippen molar-refractivity contribution >= 4 is 5.84 Å². The molecule has 0 spiro atoms. The summed E-state index contributed by atoms with van der Waals surface area (Å²) in [7, 11) is 3.42. The molecule has 4 N–H and O–H groups in total. The first-order chi connectivity index (χ1) is 19.9. The number of aliphatic imine (C=N–C) groups is 1. The number of methoxy groups -OCH3 is 1. The zero-order valence-electron chi connectivity index (χ0n) is 23.3. The van der Waals surface area contributed by atoms with E-state index in [1.807, 2.05) is 30.3 Å². The molecule has 0 radical (unpaired) electrons. The monoisotopic (exact) mass is 552 g/mol. The van der Waals surface area contributed by atoms with E-state index in [0.29, 0.717) is 29.5 Å². The minimum absolute atomic E-state index is 0.00175. The molecule has 2 unspecified atom stereocenters. The van der Waals surface area contributed by atoms with Crippen LogP contribution in [0.5, 0.6) is 5.75 Å². The molecule has 0 saturated heterocycles. The fourth-order valence-electron chi connectivity index (χ4n) is 5.67. The van der Waals surface area contributed by atoms with Crippen molar-refractivity contribution in [3.8, 4) is 11.4 Å². The second-order valence-corrected chi connectivity index (χ2v) is 10.4. The molecular formula is C31H33FN8O. The van der Waals surface area contributed by atoms with Gasteiger partial charge in [0.15, 0.2) is 5.79 Å². The molecular weight excluding hydrogens is 519 g/mol. The van der Waals surface area contributed by atoms with Gasteiger partial charge in [-0.15, -0.1) is 0 Å². The maximum Gasteiger partial charge on any atom is 0.190 e. The lowest BCUT2D eigenvalue weighted by atomic mass is 9.85. The highest BCUT2D eigenvalue weighted by Crippen LogP contribution is 2.36. The summed E-state index contributed by atoms with van der Waals surface area (Å²) in [4.78, 5) is 11.1. The van der Waals surface area contributed by atoms with Crippen molar-refractivity contribution in [2.45, 2.75) is 25.2 Å². The number of nitrogens with one attached hydrogen (secondary N) is 2. The van der Waals surface area contributed by atoms with E-state index in [-0.39, 0.29) is 5.92 Å². The molecule has 0 fully saturated rings. The Kier molecular flexibility index (Phi) is 7.02. The second-order valence-electron chi connectivity index (χ2n) is 10.4. The zero-order chi connectivity index (χ0) is 28.6. The predicted molar refractivity (Wildman–Crippen MR) is 156 cm³/mol. The smallest absolute Gasteiger partial charge is 0.190 e. The van der Waals surface area contributed by atoms with Gasteiger partial charge < -0.3 is 15.4 Å². The molecule has 2 aliphatic heterocycles. The third kappa shape index (κ3) is 5.07. The third-order valence-electron chi connectivity index (χ3n) is 7.77. The van der Waals surface area contributed by atoms with E-state index in [9.17, 15) is 0 Å². The molecule has 0 saturated carbocycles. The Labute approximate surface area is 238 Å². The van der Waals surface area contributed by atoms with Crippen LogP contribution >= 0.6 is 0 Å². The van der Waals surface area contributed by atoms with Crippen LogP contribution in [-0.2, 0) is 12.3 Å². The first-order valence-electron chi connectivity index (χ1n) is 13.5. The van der Waals surface area contributed by atoms with Gasteiger partial charge >= 0.3 is 0 Å². The van der Waals surface area contributed by atoms with Gasteiger partial charge in [-0.05, 0) is 42.3 Å². The Balaban J connectivity index is 1.36. The van der Waals surface area contributed by atoms with Crippen molar-refractivity contribution in [3.05, 3.63) is 119 Å². The van der Waals surface area contributed by atoms with Crippen LogP contribution in [0.1, 0.15) is 28.4 Å². The molecule has 4 aromatic rings. The molecule has 10 heteroatoms. The number of hydrogen-bond donors (Lipinski definition) is 3. The summed E-state index contributed by atoms with van der Waals surface area (Å²) in [5.41, 5.74) is 12.2. The third-order valence-corrected chi connectivity index (χ3v) is 7.77. The summed E-state index contributed by atoms with van der Waals surface area (Å²) in [6.07, 6.45) is 1.40. The number of halogens is 1. The first-order valence-corrected chi connectivity index (χ1v) is 13.5. The highest BCUT2D eigenvalue weighted by atomic mass is 19.1. The van der Waals surface area contributed by atoms with E-state index in [1.54, 1.807) is 33.2 Å². The molecule has 0 aliphatic carbocycles. The van der Waals surface area contributed by atoms with E-state index in [4.69, 9.17) is 10.5 Å². The molecule has 0 bridgehead atoms. The number of ether oxygens (including phenoxy) is 1. The van der Waals surface area contributed by atoms with Crippen LogP contribution in [0.4, 0.5) is 4.39 Å². The Morgan fingerprint density at radius 1 is 1.10 bits per heavy atom. The van der Waals surface area contributed by atoms with Crippen molar-refractivity contribution in [3.63, 3.8) is 0 Å². The summed E-state index contributed by atoms with van der Waals surface area (Å²) >= 11 is 0. The van der Waals surface area contributed by atoms with Gasteiger partial charge in [0.2, 0.25) is 0 Å². The fraction of sp³-hybridized carbons (Fsp3) is 0.258. The molecule has 0 amide bonds. The largest absolute Gasteiger partial charge is 0.497 e. The topological polar surface area (TPSA) is 106 Å². The van der Waals surface area contributed by atoms with E-state index in [0.717, 1.165) is 35.7 Å². The van der Waals surface area contributed by atoms with Crippen molar-refractivity contribution < 1.29 is 9.13 Å². The fourth-order valence-corrected chi connectivity index (χ4v) is 5.67. The molecule has 3 aromatic carbocycles. The average molecular weight is 553 g/mol. The molecule has 6 rings (SSSR count). The van der Waals surface area contributed by atoms with Gasteiger partial charge in [-0.3, -0.25) is 15.6 Å². The highest BCUT2D eigenvalue weighted by Gasteiger charge is 2.42. The van der Waals surface area contributed by atoms with Gasteiger partial charge in [-0.25, -0.2) is 14.1 Å². The number of amidine groups is 1. The number of nitrogens with zero attached hydrogens (tertiary/aromatic N) is 5. The van der Waals surface area contributed by atoms with Crippen LogP contribution < -0.4 is 21.1 Å². The zero-order valence-corrected chi connectivity index (χ0v) is 23.3. The summed E-state index contributed by atoms with van der Waals surface area (Å²) in [5, 5.41) is 11.1. The number of nitrogens with two attached hydrogens (primary N) is 1. The van der Waals surface area contributed by atoms with Crippen LogP contribution in [0.15, 0.2) is 95.4 Å².